The molecule has 0 saturated heterocycles. The summed E-state index contributed by atoms with van der Waals surface area (Å²) in [6.45, 7) is 0. The van der Waals surface area contributed by atoms with Crippen molar-refractivity contribution >= 4 is 9.84 Å². The highest BCUT2D eigenvalue weighted by Crippen LogP contribution is 2.57. The number of benzene rings is 1. The first-order valence-electron chi connectivity index (χ1n) is 8.20. The number of aliphatic hydroxyl groups is 1. The maximum absolute atomic E-state index is 14.4. The minimum Gasteiger partial charge on any atom is -0.490 e. The molecule has 0 radical (unpaired) electrons. The summed E-state index contributed by atoms with van der Waals surface area (Å²) >= 11 is 0. The zero-order valence-corrected chi connectivity index (χ0v) is 14.8. The summed E-state index contributed by atoms with van der Waals surface area (Å²) in [6, 6.07) is 4.38. The van der Waals surface area contributed by atoms with Gasteiger partial charge in [-0.1, -0.05) is 0 Å². The molecule has 1 saturated carbocycles. The Balaban J connectivity index is 2.01. The summed E-state index contributed by atoms with van der Waals surface area (Å²) in [5, 5.41) is 18.8. The number of alkyl halides is 3. The molecule has 1 aromatic carbocycles. The number of nitrogens with zero attached hydrogens (tertiary/aromatic N) is 1. The zero-order chi connectivity index (χ0) is 19.3. The molecule has 0 unspecified atom stereocenters. The Morgan fingerprint density at radius 1 is 1.23 bits per heavy atom. The molecule has 9 heteroatoms. The van der Waals surface area contributed by atoms with Crippen molar-refractivity contribution in [3.8, 4) is 11.8 Å². The second-order valence-corrected chi connectivity index (χ2v) is 8.81. The van der Waals surface area contributed by atoms with E-state index in [4.69, 9.17) is 10.00 Å². The van der Waals surface area contributed by atoms with E-state index in [2.05, 4.69) is 6.07 Å². The normalized spacial score (nSPS) is 30.5. The molecule has 0 aliphatic heterocycles. The molecule has 1 N–H and O–H groups in total. The average Bonchev–Trinajstić information content (AvgIpc) is 2.76. The van der Waals surface area contributed by atoms with Crippen molar-refractivity contribution in [3.63, 3.8) is 0 Å². The summed E-state index contributed by atoms with van der Waals surface area (Å²) in [5.74, 6) is -4.41. The highest BCUT2D eigenvalue weighted by atomic mass is 32.2. The standard InChI is InChI=1S/C17H18F3NO4S/c1-26(23,24)12-7-6-11(25-10-4-2-9(8-21)3-5-10)13-14(12)16(22)17(19,20)15(13)18/h6-7,9-10,15-16,22H,2-5H2,1H3/t9-,10+,15-,16+/m1/s1. The van der Waals surface area contributed by atoms with Gasteiger partial charge in [-0.15, -0.1) is 0 Å². The fourth-order valence-corrected chi connectivity index (χ4v) is 4.52. The summed E-state index contributed by atoms with van der Waals surface area (Å²) in [7, 11) is -3.95. The molecular formula is C17H18F3NO4S. The lowest BCUT2D eigenvalue weighted by atomic mass is 9.88. The summed E-state index contributed by atoms with van der Waals surface area (Å²) in [4.78, 5) is -0.527. The van der Waals surface area contributed by atoms with Crippen LogP contribution < -0.4 is 4.74 Å². The second-order valence-electron chi connectivity index (χ2n) is 6.82. The minimum atomic E-state index is -4.14. The predicted molar refractivity (Wildman–Crippen MR) is 85.3 cm³/mol. The van der Waals surface area contributed by atoms with Crippen LogP contribution in [0, 0.1) is 17.2 Å². The van der Waals surface area contributed by atoms with Crippen LogP contribution in [0.2, 0.25) is 0 Å². The molecule has 5 nitrogen and oxygen atoms in total. The van der Waals surface area contributed by atoms with Gasteiger partial charge in [-0.05, 0) is 37.8 Å². The van der Waals surface area contributed by atoms with Crippen molar-refractivity contribution in [2.24, 2.45) is 5.92 Å². The van der Waals surface area contributed by atoms with E-state index in [0.717, 1.165) is 18.4 Å². The fourth-order valence-electron chi connectivity index (χ4n) is 3.58. The molecule has 2 atom stereocenters. The first kappa shape index (κ1) is 19.0. The molecule has 0 aromatic heterocycles. The lowest BCUT2D eigenvalue weighted by Gasteiger charge is -2.27. The van der Waals surface area contributed by atoms with Crippen LogP contribution in [-0.4, -0.2) is 31.8 Å². The predicted octanol–water partition coefficient (Wildman–Crippen LogP) is 3.24. The van der Waals surface area contributed by atoms with E-state index < -0.39 is 44.1 Å². The number of aliphatic hydroxyl groups excluding tert-OH is 1. The van der Waals surface area contributed by atoms with Gasteiger partial charge < -0.3 is 9.84 Å². The third kappa shape index (κ3) is 3.05. The number of nitriles is 1. The highest BCUT2D eigenvalue weighted by Gasteiger charge is 2.59. The van der Waals surface area contributed by atoms with Crippen molar-refractivity contribution in [2.75, 3.05) is 6.26 Å². The Labute approximate surface area is 149 Å². The number of rotatable bonds is 3. The third-order valence-corrected chi connectivity index (χ3v) is 6.14. The van der Waals surface area contributed by atoms with E-state index in [1.54, 1.807) is 0 Å². The topological polar surface area (TPSA) is 87.4 Å². The minimum absolute atomic E-state index is 0.0896. The molecule has 2 aliphatic carbocycles. The Bertz CT molecular complexity index is 857. The van der Waals surface area contributed by atoms with Gasteiger partial charge in [0.25, 0.3) is 0 Å². The van der Waals surface area contributed by atoms with Crippen LogP contribution >= 0.6 is 0 Å². The van der Waals surface area contributed by atoms with Crippen LogP contribution in [-0.2, 0) is 9.84 Å². The lowest BCUT2D eigenvalue weighted by Crippen LogP contribution is -2.25. The number of sulfone groups is 1. The van der Waals surface area contributed by atoms with E-state index in [1.165, 1.54) is 0 Å². The molecule has 1 aromatic rings. The molecule has 142 valence electrons. The van der Waals surface area contributed by atoms with Crippen molar-refractivity contribution in [1.29, 1.82) is 5.26 Å². The van der Waals surface area contributed by atoms with Gasteiger partial charge in [0.1, 0.15) is 11.9 Å². The summed E-state index contributed by atoms with van der Waals surface area (Å²) in [5.41, 5.74) is -1.24. The van der Waals surface area contributed by atoms with Gasteiger partial charge in [0.15, 0.2) is 16.0 Å². The molecular weight excluding hydrogens is 371 g/mol. The first-order chi connectivity index (χ1) is 12.1. The number of halogens is 3. The van der Waals surface area contributed by atoms with Crippen molar-refractivity contribution < 1.29 is 31.4 Å². The van der Waals surface area contributed by atoms with Crippen LogP contribution in [0.5, 0.6) is 5.75 Å². The third-order valence-electron chi connectivity index (χ3n) is 4.99. The van der Waals surface area contributed by atoms with Crippen LogP contribution in [0.15, 0.2) is 17.0 Å². The van der Waals surface area contributed by atoms with Crippen LogP contribution in [0.3, 0.4) is 0 Å². The maximum atomic E-state index is 14.4. The van der Waals surface area contributed by atoms with Gasteiger partial charge in [-0.2, -0.15) is 14.0 Å². The molecule has 26 heavy (non-hydrogen) atoms. The van der Waals surface area contributed by atoms with E-state index in [-0.39, 0.29) is 17.8 Å². The van der Waals surface area contributed by atoms with Gasteiger partial charge in [0, 0.05) is 23.3 Å². The first-order valence-corrected chi connectivity index (χ1v) is 10.1. The lowest BCUT2D eigenvalue weighted by molar-refractivity contribution is -0.144. The Hall–Kier alpha value is -1.79. The van der Waals surface area contributed by atoms with Crippen molar-refractivity contribution in [2.45, 2.75) is 54.9 Å². The number of hydrogen-bond donors (Lipinski definition) is 1. The second kappa shape index (κ2) is 6.43. The van der Waals surface area contributed by atoms with Crippen LogP contribution in [0.1, 0.15) is 49.1 Å². The Morgan fingerprint density at radius 2 is 1.85 bits per heavy atom. The quantitative estimate of drug-likeness (QED) is 0.858. The van der Waals surface area contributed by atoms with Crippen molar-refractivity contribution in [1.82, 2.24) is 0 Å². The van der Waals surface area contributed by atoms with Gasteiger partial charge in [0.05, 0.1) is 17.1 Å². The largest absolute Gasteiger partial charge is 0.490 e. The van der Waals surface area contributed by atoms with Gasteiger partial charge >= 0.3 is 5.92 Å². The summed E-state index contributed by atoms with van der Waals surface area (Å²) < 4.78 is 71.9. The number of ether oxygens (including phenoxy) is 1. The Morgan fingerprint density at radius 3 is 2.38 bits per heavy atom. The smallest absolute Gasteiger partial charge is 0.312 e. The van der Waals surface area contributed by atoms with Crippen LogP contribution in [0.4, 0.5) is 13.2 Å². The average molecular weight is 389 g/mol. The molecule has 0 amide bonds. The monoisotopic (exact) mass is 389 g/mol. The maximum Gasteiger partial charge on any atom is 0.312 e. The summed E-state index contributed by atoms with van der Waals surface area (Å²) in [6.07, 6.45) is -2.80. The van der Waals surface area contributed by atoms with E-state index in [1.807, 2.05) is 0 Å². The number of hydrogen-bond acceptors (Lipinski definition) is 5. The molecule has 0 heterocycles. The van der Waals surface area contributed by atoms with Gasteiger partial charge in [-0.3, -0.25) is 0 Å². The van der Waals surface area contributed by atoms with Crippen molar-refractivity contribution in [3.05, 3.63) is 23.3 Å². The van der Waals surface area contributed by atoms with E-state index in [0.29, 0.717) is 25.7 Å². The molecule has 1 fully saturated rings. The fraction of sp³-hybridized carbons (Fsp3) is 0.588. The SMILES string of the molecule is CS(=O)(=O)c1ccc(O[C@H]2CC[C@@H](C#N)CC2)c2c1[C@H](O)C(F)(F)[C@@H]2F. The van der Waals surface area contributed by atoms with E-state index >= 15 is 0 Å². The molecule has 0 bridgehead atoms. The van der Waals surface area contributed by atoms with Crippen LogP contribution in [0.25, 0.3) is 0 Å². The van der Waals surface area contributed by atoms with E-state index in [9.17, 15) is 26.7 Å². The highest BCUT2D eigenvalue weighted by molar-refractivity contribution is 7.90. The van der Waals surface area contributed by atoms with Gasteiger partial charge in [-0.25, -0.2) is 12.8 Å². The molecule has 3 rings (SSSR count). The van der Waals surface area contributed by atoms with Gasteiger partial charge in [0.2, 0.25) is 0 Å². The number of fused-ring (bicyclic) bond motifs is 1. The zero-order valence-electron chi connectivity index (χ0n) is 14.0. The molecule has 0 spiro atoms. The Kier molecular flexibility index (Phi) is 4.69. The molecule has 2 aliphatic rings.